The van der Waals surface area contributed by atoms with Crippen molar-refractivity contribution >= 4 is 5.97 Å². The molecule has 2 heterocycles. The summed E-state index contributed by atoms with van der Waals surface area (Å²) in [5.74, 6) is -0.274. The highest BCUT2D eigenvalue weighted by atomic mass is 16.4. The molecule has 1 saturated carbocycles. The predicted octanol–water partition coefficient (Wildman–Crippen LogP) is 1.30. The molecule has 84 valence electrons. The second kappa shape index (κ2) is 3.56. The van der Waals surface area contributed by atoms with E-state index in [2.05, 4.69) is 10.3 Å². The van der Waals surface area contributed by atoms with Crippen LogP contribution in [0.4, 0.5) is 0 Å². The number of hydrogen-bond acceptors (Lipinski definition) is 3. The van der Waals surface area contributed by atoms with Gasteiger partial charge in [0.15, 0.2) is 0 Å². The van der Waals surface area contributed by atoms with E-state index in [-0.39, 0.29) is 0 Å². The number of carbonyl (C=O) groups is 1. The third-order valence-corrected chi connectivity index (χ3v) is 3.38. The molecule has 0 aromatic carbocycles. The average molecular weight is 218 g/mol. The Morgan fingerprint density at radius 1 is 1.44 bits per heavy atom. The highest BCUT2D eigenvalue weighted by Gasteiger charge is 2.31. The molecule has 0 unspecified atom stereocenters. The van der Waals surface area contributed by atoms with Gasteiger partial charge in [-0.15, -0.1) is 0 Å². The number of hydrogen-bond donors (Lipinski definition) is 2. The molecule has 0 radical (unpaired) electrons. The molecule has 16 heavy (non-hydrogen) atoms. The van der Waals surface area contributed by atoms with Crippen LogP contribution in [0.25, 0.3) is 0 Å². The lowest BCUT2D eigenvalue weighted by atomic mass is 9.94. The smallest absolute Gasteiger partial charge is 0.337 e. The average Bonchev–Trinajstić information content (AvgIpc) is 3.11. The van der Waals surface area contributed by atoms with E-state index in [9.17, 15) is 4.79 Å². The van der Waals surface area contributed by atoms with Crippen molar-refractivity contribution in [3.63, 3.8) is 0 Å². The Bertz CT molecular complexity index is 453. The molecule has 1 aromatic rings. The molecule has 1 aliphatic heterocycles. The summed E-state index contributed by atoms with van der Waals surface area (Å²) in [6.45, 7) is 1.64. The number of carboxylic acid groups (broad SMARTS) is 1. The highest BCUT2D eigenvalue weighted by molar-refractivity contribution is 5.89. The summed E-state index contributed by atoms with van der Waals surface area (Å²) in [6, 6.07) is 0. The van der Waals surface area contributed by atoms with Gasteiger partial charge in [0.1, 0.15) is 0 Å². The van der Waals surface area contributed by atoms with Gasteiger partial charge in [-0.05, 0) is 36.9 Å². The van der Waals surface area contributed by atoms with Crippen LogP contribution in [0.2, 0.25) is 0 Å². The van der Waals surface area contributed by atoms with Crippen molar-refractivity contribution in [1.82, 2.24) is 10.3 Å². The Morgan fingerprint density at radius 2 is 2.25 bits per heavy atom. The van der Waals surface area contributed by atoms with Crippen LogP contribution in [0, 0.1) is 0 Å². The zero-order valence-corrected chi connectivity index (χ0v) is 8.99. The first-order valence-electron chi connectivity index (χ1n) is 5.72. The fourth-order valence-electron chi connectivity index (χ4n) is 2.41. The van der Waals surface area contributed by atoms with E-state index in [4.69, 9.17) is 5.11 Å². The molecule has 4 nitrogen and oxygen atoms in total. The van der Waals surface area contributed by atoms with Crippen molar-refractivity contribution < 1.29 is 9.90 Å². The standard InChI is InChI=1S/C12H14N2O2/c15-12(16)10-6-14-11(7-1-2-7)9-5-13-4-3-8(9)10/h6-7,13H,1-5H2,(H,15,16). The quantitative estimate of drug-likeness (QED) is 0.785. The number of rotatable bonds is 2. The minimum Gasteiger partial charge on any atom is -0.478 e. The van der Waals surface area contributed by atoms with Crippen molar-refractivity contribution in [2.45, 2.75) is 31.7 Å². The van der Waals surface area contributed by atoms with Gasteiger partial charge >= 0.3 is 5.97 Å². The van der Waals surface area contributed by atoms with E-state index in [1.54, 1.807) is 6.20 Å². The summed E-state index contributed by atoms with van der Waals surface area (Å²) >= 11 is 0. The van der Waals surface area contributed by atoms with Crippen LogP contribution in [0.1, 0.15) is 45.9 Å². The van der Waals surface area contributed by atoms with Crippen LogP contribution in [0.15, 0.2) is 6.20 Å². The Balaban J connectivity index is 2.14. The molecule has 0 saturated heterocycles. The van der Waals surface area contributed by atoms with Gasteiger partial charge in [0, 0.05) is 24.4 Å². The summed E-state index contributed by atoms with van der Waals surface area (Å²) in [7, 11) is 0. The zero-order valence-electron chi connectivity index (χ0n) is 8.99. The number of nitrogens with zero attached hydrogens (tertiary/aromatic N) is 1. The summed E-state index contributed by atoms with van der Waals surface area (Å²) in [5, 5.41) is 12.4. The molecule has 0 atom stereocenters. The van der Waals surface area contributed by atoms with Gasteiger partial charge in [-0.2, -0.15) is 0 Å². The Hall–Kier alpha value is -1.42. The molecule has 0 spiro atoms. The molecule has 2 aliphatic rings. The van der Waals surface area contributed by atoms with Gasteiger partial charge in [0.25, 0.3) is 0 Å². The number of fused-ring (bicyclic) bond motifs is 1. The van der Waals surface area contributed by atoms with Crippen LogP contribution in [-0.4, -0.2) is 22.6 Å². The third kappa shape index (κ3) is 1.50. The van der Waals surface area contributed by atoms with E-state index in [0.29, 0.717) is 11.5 Å². The summed E-state index contributed by atoms with van der Waals surface area (Å²) in [5.41, 5.74) is 3.67. The minimum atomic E-state index is -0.854. The first kappa shape index (κ1) is 9.78. The van der Waals surface area contributed by atoms with E-state index in [0.717, 1.165) is 36.3 Å². The lowest BCUT2D eigenvalue weighted by Crippen LogP contribution is -2.27. The van der Waals surface area contributed by atoms with Gasteiger partial charge < -0.3 is 10.4 Å². The van der Waals surface area contributed by atoms with E-state index < -0.39 is 5.97 Å². The molecule has 1 aromatic heterocycles. The van der Waals surface area contributed by atoms with Crippen LogP contribution in [-0.2, 0) is 13.0 Å². The maximum Gasteiger partial charge on any atom is 0.337 e. The molecule has 0 bridgehead atoms. The first-order chi connectivity index (χ1) is 7.77. The number of nitrogens with one attached hydrogen (secondary N) is 1. The Kier molecular flexibility index (Phi) is 2.17. The lowest BCUT2D eigenvalue weighted by Gasteiger charge is -2.21. The Labute approximate surface area is 93.7 Å². The number of pyridine rings is 1. The number of aromatic carboxylic acids is 1. The van der Waals surface area contributed by atoms with E-state index in [1.807, 2.05) is 0 Å². The molecule has 4 heteroatoms. The zero-order chi connectivity index (χ0) is 11.1. The van der Waals surface area contributed by atoms with Crippen molar-refractivity contribution in [1.29, 1.82) is 0 Å². The molecule has 0 amide bonds. The predicted molar refractivity (Wildman–Crippen MR) is 58.6 cm³/mol. The lowest BCUT2D eigenvalue weighted by molar-refractivity contribution is 0.0695. The normalized spacial score (nSPS) is 19.2. The van der Waals surface area contributed by atoms with Crippen molar-refractivity contribution in [2.24, 2.45) is 0 Å². The van der Waals surface area contributed by atoms with Crippen LogP contribution < -0.4 is 5.32 Å². The number of carboxylic acids is 1. The monoisotopic (exact) mass is 218 g/mol. The van der Waals surface area contributed by atoms with Crippen molar-refractivity contribution in [2.75, 3.05) is 6.54 Å². The fraction of sp³-hybridized carbons (Fsp3) is 0.500. The second-order valence-corrected chi connectivity index (χ2v) is 4.52. The highest BCUT2D eigenvalue weighted by Crippen LogP contribution is 2.42. The molecule has 1 aliphatic carbocycles. The van der Waals surface area contributed by atoms with Crippen molar-refractivity contribution in [3.8, 4) is 0 Å². The van der Waals surface area contributed by atoms with Gasteiger partial charge in [0.05, 0.1) is 5.56 Å². The summed E-state index contributed by atoms with van der Waals surface area (Å²) < 4.78 is 0. The van der Waals surface area contributed by atoms with Crippen LogP contribution in [0.5, 0.6) is 0 Å². The topological polar surface area (TPSA) is 62.2 Å². The van der Waals surface area contributed by atoms with Crippen LogP contribution >= 0.6 is 0 Å². The minimum absolute atomic E-state index is 0.390. The summed E-state index contributed by atoms with van der Waals surface area (Å²) in [4.78, 5) is 15.5. The van der Waals surface area contributed by atoms with Gasteiger partial charge in [0.2, 0.25) is 0 Å². The maximum absolute atomic E-state index is 11.1. The second-order valence-electron chi connectivity index (χ2n) is 4.52. The van der Waals surface area contributed by atoms with E-state index >= 15 is 0 Å². The molecular weight excluding hydrogens is 204 g/mol. The Morgan fingerprint density at radius 3 is 2.94 bits per heavy atom. The van der Waals surface area contributed by atoms with Crippen LogP contribution in [0.3, 0.4) is 0 Å². The molecule has 3 rings (SSSR count). The third-order valence-electron chi connectivity index (χ3n) is 3.38. The van der Waals surface area contributed by atoms with E-state index in [1.165, 1.54) is 12.8 Å². The molecule has 1 fully saturated rings. The first-order valence-corrected chi connectivity index (χ1v) is 5.72. The molecule has 2 N–H and O–H groups in total. The SMILES string of the molecule is O=C(O)c1cnc(C2CC2)c2c1CCNC2. The number of aromatic nitrogens is 1. The van der Waals surface area contributed by atoms with Gasteiger partial charge in [-0.25, -0.2) is 4.79 Å². The van der Waals surface area contributed by atoms with Gasteiger partial charge in [-0.3, -0.25) is 4.98 Å². The molecular formula is C12H14N2O2. The van der Waals surface area contributed by atoms with Crippen molar-refractivity contribution in [3.05, 3.63) is 28.6 Å². The largest absolute Gasteiger partial charge is 0.478 e. The summed E-state index contributed by atoms with van der Waals surface area (Å²) in [6.07, 6.45) is 4.75. The fourth-order valence-corrected chi connectivity index (χ4v) is 2.41. The van der Waals surface area contributed by atoms with Gasteiger partial charge in [-0.1, -0.05) is 0 Å². The maximum atomic E-state index is 11.1.